The Bertz CT molecular complexity index is 1090. The van der Waals surface area contributed by atoms with Gasteiger partial charge in [-0.15, -0.1) is 0 Å². The lowest BCUT2D eigenvalue weighted by atomic mass is 9.88. The summed E-state index contributed by atoms with van der Waals surface area (Å²) in [4.78, 5) is 18.3. The van der Waals surface area contributed by atoms with Crippen molar-refractivity contribution in [3.63, 3.8) is 0 Å². The second-order valence-electron chi connectivity index (χ2n) is 9.12. The molecule has 7 heteroatoms. The van der Waals surface area contributed by atoms with Gasteiger partial charge < -0.3 is 19.9 Å². The van der Waals surface area contributed by atoms with E-state index in [1.807, 2.05) is 18.2 Å². The average molecular weight is 420 g/mol. The Hall–Kier alpha value is -3.06. The first-order chi connectivity index (χ1) is 15.0. The summed E-state index contributed by atoms with van der Waals surface area (Å²) in [6, 6.07) is 6.38. The van der Waals surface area contributed by atoms with Crippen molar-refractivity contribution in [3.8, 4) is 0 Å². The predicted molar refractivity (Wildman–Crippen MR) is 123 cm³/mol. The zero-order valence-electron chi connectivity index (χ0n) is 18.0. The van der Waals surface area contributed by atoms with E-state index in [1.54, 1.807) is 12.1 Å². The third kappa shape index (κ3) is 2.62. The lowest BCUT2D eigenvalue weighted by Crippen LogP contribution is -2.44. The van der Waals surface area contributed by atoms with Crippen LogP contribution in [-0.2, 0) is 9.53 Å². The van der Waals surface area contributed by atoms with E-state index in [0.29, 0.717) is 0 Å². The second-order valence-corrected chi connectivity index (χ2v) is 9.12. The van der Waals surface area contributed by atoms with Gasteiger partial charge in [-0.1, -0.05) is 12.7 Å². The van der Waals surface area contributed by atoms with Gasteiger partial charge in [0, 0.05) is 50.6 Å². The molecule has 7 nitrogen and oxygen atoms in total. The van der Waals surface area contributed by atoms with Crippen LogP contribution in [0.15, 0.2) is 59.4 Å². The maximum Gasteiger partial charge on any atom is 0.258 e. The highest BCUT2D eigenvalue weighted by Gasteiger charge is 2.70. The van der Waals surface area contributed by atoms with Crippen molar-refractivity contribution in [3.05, 3.63) is 59.9 Å². The molecule has 3 unspecified atom stereocenters. The van der Waals surface area contributed by atoms with E-state index in [9.17, 15) is 4.79 Å². The van der Waals surface area contributed by atoms with Crippen LogP contribution in [0.2, 0.25) is 0 Å². The fraction of sp³-hybridized carbons (Fsp3) is 0.417. The fourth-order valence-corrected chi connectivity index (χ4v) is 5.26. The number of fused-ring (bicyclic) bond motifs is 2. The highest BCUT2D eigenvalue weighted by molar-refractivity contribution is 6.26. The lowest BCUT2D eigenvalue weighted by molar-refractivity contribution is -0.133. The zero-order valence-corrected chi connectivity index (χ0v) is 18.0. The molecule has 2 aliphatic carbocycles. The minimum Gasteiger partial charge on any atom is -0.497 e. The quantitative estimate of drug-likeness (QED) is 0.816. The smallest absolute Gasteiger partial charge is 0.258 e. The topological polar surface area (TPSA) is 60.4 Å². The van der Waals surface area contributed by atoms with Gasteiger partial charge in [0.05, 0.1) is 18.9 Å². The number of nitrogens with one attached hydrogen (secondary N) is 1. The number of nitrogens with zero attached hydrogens (tertiary/aromatic N) is 4. The standard InChI is InChI=1S/C24H27N5O2.H2/c1-15-12-17(31-3)5-7-20(15)29-23(30)24-14-21(24)25-19-13-16(4-6-18(19)22(24)26-29)28-10-8-27(2)9-11-28;/h4-7,12-13,20-21,25H,1,8-11,14H2,2-3H3;1H. The molecule has 1 N–H and O–H groups in total. The average Bonchev–Trinajstić information content (AvgIpc) is 3.44. The van der Waals surface area contributed by atoms with E-state index in [1.165, 1.54) is 5.69 Å². The van der Waals surface area contributed by atoms with E-state index in [4.69, 9.17) is 9.84 Å². The highest BCUT2D eigenvalue weighted by atomic mass is 16.5. The van der Waals surface area contributed by atoms with E-state index >= 15 is 0 Å². The largest absolute Gasteiger partial charge is 0.497 e. The predicted octanol–water partition coefficient (Wildman–Crippen LogP) is 2.44. The summed E-state index contributed by atoms with van der Waals surface area (Å²) in [5, 5.41) is 10.1. The van der Waals surface area contributed by atoms with Crippen molar-refractivity contribution in [2.24, 2.45) is 10.5 Å². The molecule has 1 spiro atoms. The molecule has 5 aliphatic rings. The number of allylic oxidation sites excluding steroid dienone is 1. The molecule has 1 aromatic carbocycles. The monoisotopic (exact) mass is 419 g/mol. The summed E-state index contributed by atoms with van der Waals surface area (Å²) in [6.07, 6.45) is 6.49. The number of carbonyl (C=O) groups is 1. The number of methoxy groups -OCH3 is 1. The molecule has 3 aliphatic heterocycles. The molecule has 3 heterocycles. The Morgan fingerprint density at radius 3 is 2.84 bits per heavy atom. The van der Waals surface area contributed by atoms with Gasteiger partial charge in [0.25, 0.3) is 5.91 Å². The number of rotatable bonds is 3. The zero-order chi connectivity index (χ0) is 21.3. The number of anilines is 2. The number of benzene rings is 1. The van der Waals surface area contributed by atoms with Crippen molar-refractivity contribution in [1.29, 1.82) is 0 Å². The molecule has 3 atom stereocenters. The van der Waals surface area contributed by atoms with E-state index < -0.39 is 5.41 Å². The summed E-state index contributed by atoms with van der Waals surface area (Å²) in [5.74, 6) is 0.808. The number of likely N-dealkylation sites (N-methyl/N-ethyl adjacent to an activating group) is 1. The van der Waals surface area contributed by atoms with E-state index in [0.717, 1.165) is 60.9 Å². The number of carbonyl (C=O) groups excluding carboxylic acids is 1. The van der Waals surface area contributed by atoms with Gasteiger partial charge in [-0.3, -0.25) is 4.79 Å². The Balaban J connectivity index is 0.00000216. The van der Waals surface area contributed by atoms with Crippen molar-refractivity contribution in [2.45, 2.75) is 18.5 Å². The number of ether oxygens (including phenoxy) is 1. The van der Waals surface area contributed by atoms with Crippen LogP contribution < -0.4 is 10.2 Å². The normalized spacial score (nSPS) is 31.4. The van der Waals surface area contributed by atoms with Crippen molar-refractivity contribution < 1.29 is 11.0 Å². The molecule has 2 fully saturated rings. The molecule has 162 valence electrons. The van der Waals surface area contributed by atoms with Crippen LogP contribution in [0.5, 0.6) is 0 Å². The molecule has 1 aromatic rings. The van der Waals surface area contributed by atoms with Crippen LogP contribution in [0.1, 0.15) is 13.4 Å². The van der Waals surface area contributed by atoms with Crippen molar-refractivity contribution >= 4 is 23.0 Å². The fourth-order valence-electron chi connectivity index (χ4n) is 5.26. The highest BCUT2D eigenvalue weighted by Crippen LogP contribution is 2.59. The molecule has 0 radical (unpaired) electrons. The van der Waals surface area contributed by atoms with Gasteiger partial charge in [0.2, 0.25) is 0 Å². The first kappa shape index (κ1) is 18.7. The number of hydrogen-bond donors (Lipinski definition) is 1. The minimum atomic E-state index is -0.526. The van der Waals surface area contributed by atoms with Crippen molar-refractivity contribution in [2.75, 3.05) is 50.6 Å². The van der Waals surface area contributed by atoms with Gasteiger partial charge in [0.15, 0.2) is 0 Å². The molecular weight excluding hydrogens is 390 g/mol. The first-order valence-corrected chi connectivity index (χ1v) is 10.9. The van der Waals surface area contributed by atoms with Gasteiger partial charge in [-0.2, -0.15) is 5.10 Å². The summed E-state index contributed by atoms with van der Waals surface area (Å²) in [5.41, 5.74) is 4.55. The van der Waals surface area contributed by atoms with Crippen LogP contribution in [0.25, 0.3) is 0 Å². The molecule has 1 saturated carbocycles. The van der Waals surface area contributed by atoms with Crippen LogP contribution in [-0.4, -0.2) is 73.9 Å². The SMILES string of the molecule is C=C1C=C(OC)C=CC1N1N=C2c3ccc(N4CCN(C)CC4)cc3NC3CC23C1=O.[HH]. The number of hydrogen-bond acceptors (Lipinski definition) is 6. The maximum absolute atomic E-state index is 13.5. The number of piperazine rings is 1. The Kier molecular flexibility index (Phi) is 3.90. The summed E-state index contributed by atoms with van der Waals surface area (Å²) < 4.78 is 5.29. The van der Waals surface area contributed by atoms with Crippen LogP contribution in [0.3, 0.4) is 0 Å². The van der Waals surface area contributed by atoms with E-state index in [2.05, 4.69) is 46.9 Å². The molecule has 1 amide bonds. The molecule has 0 bridgehead atoms. The number of amides is 1. The molecular formula is C24H29N5O2. The molecule has 31 heavy (non-hydrogen) atoms. The van der Waals surface area contributed by atoms with Gasteiger partial charge in [-0.05, 0) is 49.4 Å². The second kappa shape index (κ2) is 6.47. The van der Waals surface area contributed by atoms with Gasteiger partial charge >= 0.3 is 0 Å². The Labute approximate surface area is 183 Å². The first-order valence-electron chi connectivity index (χ1n) is 10.9. The number of hydrazone groups is 1. The summed E-state index contributed by atoms with van der Waals surface area (Å²) in [7, 11) is 3.80. The minimum absolute atomic E-state index is 0. The lowest BCUT2D eigenvalue weighted by Gasteiger charge is -2.34. The Morgan fingerprint density at radius 1 is 1.29 bits per heavy atom. The summed E-state index contributed by atoms with van der Waals surface area (Å²) >= 11 is 0. The molecule has 6 rings (SSSR count). The van der Waals surface area contributed by atoms with E-state index in [-0.39, 0.29) is 19.4 Å². The Morgan fingerprint density at radius 2 is 2.10 bits per heavy atom. The van der Waals surface area contributed by atoms with Gasteiger partial charge in [0.1, 0.15) is 11.2 Å². The van der Waals surface area contributed by atoms with Crippen LogP contribution in [0.4, 0.5) is 11.4 Å². The van der Waals surface area contributed by atoms with Crippen LogP contribution in [0, 0.1) is 5.41 Å². The van der Waals surface area contributed by atoms with Crippen molar-refractivity contribution in [1.82, 2.24) is 9.91 Å². The maximum atomic E-state index is 13.5. The van der Waals surface area contributed by atoms with Crippen LogP contribution >= 0.6 is 0 Å². The third-order valence-corrected chi connectivity index (χ3v) is 7.29. The molecule has 0 aromatic heterocycles. The third-order valence-electron chi connectivity index (χ3n) is 7.29. The van der Waals surface area contributed by atoms with Gasteiger partial charge in [-0.25, -0.2) is 5.01 Å². The summed E-state index contributed by atoms with van der Waals surface area (Å²) in [6.45, 7) is 8.35. The molecule has 1 saturated heterocycles.